The number of amides is 1. The summed E-state index contributed by atoms with van der Waals surface area (Å²) < 4.78 is 20.5. The Hall–Kier alpha value is -2.89. The number of nitrogens with two attached hydrogens (primary N) is 1. The molecule has 2 aliphatic rings. The van der Waals surface area contributed by atoms with Crippen LogP contribution < -0.4 is 21.3 Å². The molecule has 192 valence electrons. The number of likely N-dealkylation sites (N-methyl/N-ethyl adjacent to an activating group) is 1. The van der Waals surface area contributed by atoms with E-state index in [1.807, 2.05) is 25.8 Å². The predicted molar refractivity (Wildman–Crippen MR) is 139 cm³/mol. The number of halogens is 1. The van der Waals surface area contributed by atoms with Crippen molar-refractivity contribution in [3.63, 3.8) is 0 Å². The molecule has 1 amide bonds. The van der Waals surface area contributed by atoms with Crippen molar-refractivity contribution < 1.29 is 13.9 Å². The number of hydrogen-bond donors (Lipinski definition) is 3. The fourth-order valence-electron chi connectivity index (χ4n) is 5.47. The topological polar surface area (TPSA) is 118 Å². The van der Waals surface area contributed by atoms with Gasteiger partial charge in [0, 0.05) is 43.9 Å². The van der Waals surface area contributed by atoms with Crippen LogP contribution in [0.2, 0.25) is 0 Å². The van der Waals surface area contributed by atoms with Crippen LogP contribution in [-0.4, -0.2) is 66.8 Å². The first-order valence-corrected chi connectivity index (χ1v) is 13.0. The van der Waals surface area contributed by atoms with Gasteiger partial charge in [-0.1, -0.05) is 0 Å². The zero-order valence-electron chi connectivity index (χ0n) is 21.0. The van der Waals surface area contributed by atoms with Crippen molar-refractivity contribution in [1.82, 2.24) is 25.6 Å². The SMILES string of the molecule is CNC1CN(c2nc3c(cc2F)CC(NC(=O)c2sc4nc(C)nc(C)c4c2N)CC3)CC1COC. The van der Waals surface area contributed by atoms with Crippen LogP contribution in [0.3, 0.4) is 0 Å². The molecule has 9 nitrogen and oxygen atoms in total. The van der Waals surface area contributed by atoms with E-state index in [0.717, 1.165) is 28.8 Å². The Morgan fingerprint density at radius 3 is 2.86 bits per heavy atom. The van der Waals surface area contributed by atoms with Gasteiger partial charge in [-0.2, -0.15) is 0 Å². The molecule has 36 heavy (non-hydrogen) atoms. The zero-order chi connectivity index (χ0) is 25.6. The van der Waals surface area contributed by atoms with Crippen molar-refractivity contribution in [3.8, 4) is 0 Å². The van der Waals surface area contributed by atoms with Gasteiger partial charge in [0.25, 0.3) is 5.91 Å². The number of nitrogens with zero attached hydrogens (tertiary/aromatic N) is 4. The molecule has 0 saturated carbocycles. The molecule has 11 heteroatoms. The number of thiophene rings is 1. The molecule has 3 unspecified atom stereocenters. The van der Waals surface area contributed by atoms with Gasteiger partial charge in [-0.3, -0.25) is 4.79 Å². The number of nitrogen functional groups attached to an aromatic ring is 1. The number of hydrogen-bond acceptors (Lipinski definition) is 9. The number of anilines is 2. The second-order valence-corrected chi connectivity index (χ2v) is 10.7. The van der Waals surface area contributed by atoms with Crippen LogP contribution >= 0.6 is 11.3 Å². The number of methoxy groups -OCH3 is 1. The summed E-state index contributed by atoms with van der Waals surface area (Å²) in [4.78, 5) is 29.8. The number of carbonyl (C=O) groups excluding carboxylic acids is 1. The van der Waals surface area contributed by atoms with Gasteiger partial charge in [0.2, 0.25) is 0 Å². The van der Waals surface area contributed by atoms with Crippen LogP contribution in [0.1, 0.15) is 38.9 Å². The summed E-state index contributed by atoms with van der Waals surface area (Å²) >= 11 is 1.28. The molecule has 1 aliphatic carbocycles. The third-order valence-corrected chi connectivity index (χ3v) is 8.33. The van der Waals surface area contributed by atoms with E-state index >= 15 is 4.39 Å². The van der Waals surface area contributed by atoms with Gasteiger partial charge in [-0.05, 0) is 51.8 Å². The number of aryl methyl sites for hydroxylation is 3. The van der Waals surface area contributed by atoms with Crippen molar-refractivity contribution in [3.05, 3.63) is 39.5 Å². The van der Waals surface area contributed by atoms with Crippen molar-refractivity contribution in [2.45, 2.75) is 45.2 Å². The first-order valence-electron chi connectivity index (χ1n) is 12.2. The third kappa shape index (κ3) is 4.51. The van der Waals surface area contributed by atoms with Crippen LogP contribution in [0.5, 0.6) is 0 Å². The lowest BCUT2D eigenvalue weighted by Gasteiger charge is -2.27. The fraction of sp³-hybridized carbons (Fsp3) is 0.520. The summed E-state index contributed by atoms with van der Waals surface area (Å²) in [6.07, 6.45) is 1.93. The molecule has 0 spiro atoms. The lowest BCUT2D eigenvalue weighted by atomic mass is 9.91. The summed E-state index contributed by atoms with van der Waals surface area (Å²) in [7, 11) is 3.61. The van der Waals surface area contributed by atoms with Crippen LogP contribution in [0.15, 0.2) is 6.07 Å². The minimum Gasteiger partial charge on any atom is -0.397 e. The van der Waals surface area contributed by atoms with E-state index in [4.69, 9.17) is 15.5 Å². The van der Waals surface area contributed by atoms with Gasteiger partial charge in [0.1, 0.15) is 15.5 Å². The Kier molecular flexibility index (Phi) is 6.80. The van der Waals surface area contributed by atoms with E-state index in [0.29, 0.717) is 59.6 Å². The predicted octanol–water partition coefficient (Wildman–Crippen LogP) is 2.38. The molecule has 1 saturated heterocycles. The first kappa shape index (κ1) is 24.8. The van der Waals surface area contributed by atoms with Gasteiger partial charge in [0.05, 0.1) is 23.4 Å². The Bertz CT molecular complexity index is 1310. The molecular formula is C25H32FN7O2S. The van der Waals surface area contributed by atoms with Crippen LogP contribution in [0.25, 0.3) is 10.2 Å². The number of nitrogens with one attached hydrogen (secondary N) is 2. The van der Waals surface area contributed by atoms with Crippen LogP contribution in [0.4, 0.5) is 15.9 Å². The van der Waals surface area contributed by atoms with Gasteiger partial charge in [-0.15, -0.1) is 11.3 Å². The molecule has 1 fully saturated rings. The molecule has 0 bridgehead atoms. The highest BCUT2D eigenvalue weighted by Gasteiger charge is 2.34. The zero-order valence-corrected chi connectivity index (χ0v) is 21.8. The molecular weight excluding hydrogens is 481 g/mol. The minimum absolute atomic E-state index is 0.123. The number of aromatic nitrogens is 3. The molecule has 3 aromatic rings. The second kappa shape index (κ2) is 9.87. The number of fused-ring (bicyclic) bond motifs is 2. The summed E-state index contributed by atoms with van der Waals surface area (Å²) in [5.74, 6) is 0.768. The van der Waals surface area contributed by atoms with E-state index in [1.54, 1.807) is 13.2 Å². The molecule has 4 N–H and O–H groups in total. The summed E-state index contributed by atoms with van der Waals surface area (Å²) in [5.41, 5.74) is 9.23. The standard InChI is InChI=1S/C25H32FN7O2S/c1-12-20-21(27)22(36-25(20)30-13(2)29-12)24(34)31-16-5-6-18-14(7-16)8-17(26)23(32-18)33-9-15(11-35-4)19(10-33)28-3/h8,15-16,19,28H,5-7,9-11,27H2,1-4H3,(H,31,34). The lowest BCUT2D eigenvalue weighted by molar-refractivity contribution is 0.0938. The second-order valence-electron chi connectivity index (χ2n) is 9.71. The molecule has 4 heterocycles. The van der Waals surface area contributed by atoms with Gasteiger partial charge >= 0.3 is 0 Å². The Morgan fingerprint density at radius 1 is 1.31 bits per heavy atom. The Morgan fingerprint density at radius 2 is 2.11 bits per heavy atom. The Balaban J connectivity index is 1.31. The fourth-order valence-corrected chi connectivity index (χ4v) is 6.57. The number of ether oxygens (including phenoxy) is 1. The average Bonchev–Trinajstić information content (AvgIpc) is 3.39. The lowest BCUT2D eigenvalue weighted by Crippen LogP contribution is -2.39. The van der Waals surface area contributed by atoms with Crippen molar-refractivity contribution in [2.75, 3.05) is 44.5 Å². The highest BCUT2D eigenvalue weighted by Crippen LogP contribution is 2.35. The smallest absolute Gasteiger partial charge is 0.263 e. The van der Waals surface area contributed by atoms with Crippen LogP contribution in [-0.2, 0) is 17.6 Å². The largest absolute Gasteiger partial charge is 0.397 e. The summed E-state index contributed by atoms with van der Waals surface area (Å²) in [5, 5.41) is 7.14. The monoisotopic (exact) mass is 513 g/mol. The molecule has 3 atom stereocenters. The van der Waals surface area contributed by atoms with E-state index in [9.17, 15) is 4.79 Å². The van der Waals surface area contributed by atoms with E-state index in [2.05, 4.69) is 20.6 Å². The van der Waals surface area contributed by atoms with E-state index < -0.39 is 0 Å². The third-order valence-electron chi connectivity index (χ3n) is 7.24. The average molecular weight is 514 g/mol. The van der Waals surface area contributed by atoms with E-state index in [-0.39, 0.29) is 29.7 Å². The quantitative estimate of drug-likeness (QED) is 0.460. The van der Waals surface area contributed by atoms with Crippen molar-refractivity contribution in [2.24, 2.45) is 5.92 Å². The van der Waals surface area contributed by atoms with Gasteiger partial charge < -0.3 is 26.0 Å². The maximum Gasteiger partial charge on any atom is 0.263 e. The highest BCUT2D eigenvalue weighted by molar-refractivity contribution is 7.21. The van der Waals surface area contributed by atoms with Crippen molar-refractivity contribution in [1.29, 1.82) is 0 Å². The highest BCUT2D eigenvalue weighted by atomic mass is 32.1. The normalized spacial score (nSPS) is 21.7. The van der Waals surface area contributed by atoms with E-state index in [1.165, 1.54) is 11.3 Å². The molecule has 0 radical (unpaired) electrons. The Labute approximate surface area is 213 Å². The maximum atomic E-state index is 15.2. The van der Waals surface area contributed by atoms with Gasteiger partial charge in [-0.25, -0.2) is 19.3 Å². The summed E-state index contributed by atoms with van der Waals surface area (Å²) in [6, 6.07) is 1.69. The number of rotatable bonds is 6. The maximum absolute atomic E-state index is 15.2. The van der Waals surface area contributed by atoms with Gasteiger partial charge in [0.15, 0.2) is 11.6 Å². The molecule has 3 aromatic heterocycles. The first-order chi connectivity index (χ1) is 17.3. The molecule has 0 aromatic carbocycles. The summed E-state index contributed by atoms with van der Waals surface area (Å²) in [6.45, 7) is 5.69. The van der Waals surface area contributed by atoms with Crippen LogP contribution in [0, 0.1) is 25.6 Å². The minimum atomic E-state index is -0.327. The molecule has 5 rings (SSSR count). The van der Waals surface area contributed by atoms with Crippen molar-refractivity contribution >= 4 is 39.0 Å². The number of pyridine rings is 1. The number of carbonyl (C=O) groups is 1. The molecule has 1 aliphatic heterocycles.